The lowest BCUT2D eigenvalue weighted by Crippen LogP contribution is -2.00. The van der Waals surface area contributed by atoms with Gasteiger partial charge in [-0.3, -0.25) is 0 Å². The first-order valence-corrected chi connectivity index (χ1v) is 5.06. The predicted molar refractivity (Wildman–Crippen MR) is 57.2 cm³/mol. The van der Waals surface area contributed by atoms with Crippen LogP contribution in [0.3, 0.4) is 0 Å². The molecule has 0 atom stereocenters. The lowest BCUT2D eigenvalue weighted by Gasteiger charge is -2.03. The topological polar surface area (TPSA) is 50.4 Å². The van der Waals surface area contributed by atoms with Crippen molar-refractivity contribution in [2.75, 3.05) is 0 Å². The first-order valence-electron chi connectivity index (χ1n) is 5.06. The summed E-state index contributed by atoms with van der Waals surface area (Å²) in [6.45, 7) is 3.47. The van der Waals surface area contributed by atoms with Crippen molar-refractivity contribution in [2.45, 2.75) is 19.8 Å². The number of hydrogen-bond donors (Lipinski definition) is 1. The molecule has 0 radical (unpaired) electrons. The van der Waals surface area contributed by atoms with E-state index in [9.17, 15) is 13.6 Å². The molecule has 90 valence electrons. The molecular formula is C12H10F2O3. The lowest BCUT2D eigenvalue weighted by molar-refractivity contribution is 0.0662. The minimum atomic E-state index is -1.29. The van der Waals surface area contributed by atoms with Gasteiger partial charge in [0, 0.05) is 17.0 Å². The van der Waals surface area contributed by atoms with Crippen molar-refractivity contribution >= 4 is 16.9 Å². The standard InChI is InChI=1S/C12H10F2O3/c1-5(2)9-7-3-6(13)4-8(14)10(7)17-11(9)12(15)16/h3-5H,1-2H3,(H,15,16). The van der Waals surface area contributed by atoms with Gasteiger partial charge in [-0.1, -0.05) is 13.8 Å². The fraction of sp³-hybridized carbons (Fsp3) is 0.250. The van der Waals surface area contributed by atoms with Gasteiger partial charge in [-0.25, -0.2) is 13.6 Å². The molecule has 3 nitrogen and oxygen atoms in total. The molecule has 1 heterocycles. The van der Waals surface area contributed by atoms with E-state index < -0.39 is 17.6 Å². The van der Waals surface area contributed by atoms with E-state index in [0.29, 0.717) is 11.6 Å². The average molecular weight is 240 g/mol. The highest BCUT2D eigenvalue weighted by Crippen LogP contribution is 2.33. The number of halogens is 2. The first kappa shape index (κ1) is 11.6. The lowest BCUT2D eigenvalue weighted by atomic mass is 9.99. The highest BCUT2D eigenvalue weighted by atomic mass is 19.1. The molecule has 2 aromatic rings. The summed E-state index contributed by atoms with van der Waals surface area (Å²) < 4.78 is 31.5. The van der Waals surface area contributed by atoms with Gasteiger partial charge in [0.2, 0.25) is 5.76 Å². The summed E-state index contributed by atoms with van der Waals surface area (Å²) >= 11 is 0. The molecule has 0 unspecified atom stereocenters. The Bertz CT molecular complexity index is 599. The minimum absolute atomic E-state index is 0.176. The van der Waals surface area contributed by atoms with Crippen LogP contribution in [0.4, 0.5) is 8.78 Å². The molecule has 1 aromatic heterocycles. The molecule has 0 saturated carbocycles. The first-order chi connectivity index (χ1) is 7.91. The summed E-state index contributed by atoms with van der Waals surface area (Å²) in [5.41, 5.74) is 0.0957. The van der Waals surface area contributed by atoms with Crippen LogP contribution in [-0.2, 0) is 0 Å². The number of fused-ring (bicyclic) bond motifs is 1. The van der Waals surface area contributed by atoms with Gasteiger partial charge in [-0.15, -0.1) is 0 Å². The molecule has 5 heteroatoms. The Morgan fingerprint density at radius 2 is 2.00 bits per heavy atom. The Hall–Kier alpha value is -1.91. The van der Waals surface area contributed by atoms with E-state index in [-0.39, 0.29) is 22.6 Å². The second kappa shape index (κ2) is 3.84. The molecule has 0 amide bonds. The van der Waals surface area contributed by atoms with E-state index in [1.165, 1.54) is 0 Å². The van der Waals surface area contributed by atoms with E-state index in [2.05, 4.69) is 0 Å². The molecule has 0 aliphatic carbocycles. The second-order valence-electron chi connectivity index (χ2n) is 4.07. The van der Waals surface area contributed by atoms with Gasteiger partial charge in [0.15, 0.2) is 11.4 Å². The molecule has 1 N–H and O–H groups in total. The summed E-state index contributed by atoms with van der Waals surface area (Å²) in [6.07, 6.45) is 0. The van der Waals surface area contributed by atoms with Gasteiger partial charge in [0.1, 0.15) is 5.82 Å². The molecule has 2 rings (SSSR count). The largest absolute Gasteiger partial charge is 0.475 e. The van der Waals surface area contributed by atoms with Gasteiger partial charge in [-0.2, -0.15) is 0 Å². The third kappa shape index (κ3) is 1.77. The number of furan rings is 1. The highest BCUT2D eigenvalue weighted by Gasteiger charge is 2.24. The van der Waals surface area contributed by atoms with Gasteiger partial charge >= 0.3 is 5.97 Å². The second-order valence-corrected chi connectivity index (χ2v) is 4.07. The van der Waals surface area contributed by atoms with Crippen molar-refractivity contribution in [3.63, 3.8) is 0 Å². The normalized spacial score (nSPS) is 11.4. The van der Waals surface area contributed by atoms with E-state index in [1.54, 1.807) is 13.8 Å². The SMILES string of the molecule is CC(C)c1c(C(=O)O)oc2c(F)cc(F)cc12. The van der Waals surface area contributed by atoms with Crippen LogP contribution < -0.4 is 0 Å². The molecule has 0 saturated heterocycles. The van der Waals surface area contributed by atoms with Crippen LogP contribution >= 0.6 is 0 Å². The quantitative estimate of drug-likeness (QED) is 0.873. The third-order valence-corrected chi connectivity index (χ3v) is 2.52. The van der Waals surface area contributed by atoms with Crippen molar-refractivity contribution in [1.82, 2.24) is 0 Å². The summed E-state index contributed by atoms with van der Waals surface area (Å²) in [7, 11) is 0. The Morgan fingerprint density at radius 3 is 2.53 bits per heavy atom. The Labute approximate surface area is 95.7 Å². The van der Waals surface area contributed by atoms with Crippen LogP contribution in [0.1, 0.15) is 35.9 Å². The van der Waals surface area contributed by atoms with Crippen molar-refractivity contribution in [3.05, 3.63) is 35.1 Å². The smallest absolute Gasteiger partial charge is 0.372 e. The van der Waals surface area contributed by atoms with Crippen molar-refractivity contribution in [3.8, 4) is 0 Å². The van der Waals surface area contributed by atoms with Crippen LogP contribution in [0.25, 0.3) is 11.0 Å². The van der Waals surface area contributed by atoms with E-state index in [1.807, 2.05) is 0 Å². The number of carbonyl (C=O) groups is 1. The van der Waals surface area contributed by atoms with E-state index in [4.69, 9.17) is 9.52 Å². The van der Waals surface area contributed by atoms with Crippen molar-refractivity contribution < 1.29 is 23.1 Å². The van der Waals surface area contributed by atoms with Crippen LogP contribution in [0, 0.1) is 11.6 Å². The Morgan fingerprint density at radius 1 is 1.35 bits per heavy atom. The van der Waals surface area contributed by atoms with Gasteiger partial charge < -0.3 is 9.52 Å². The Kier molecular flexibility index (Phi) is 2.61. The van der Waals surface area contributed by atoms with Crippen LogP contribution in [-0.4, -0.2) is 11.1 Å². The molecule has 0 fully saturated rings. The fourth-order valence-corrected chi connectivity index (χ4v) is 1.88. The average Bonchev–Trinajstić information content (AvgIpc) is 2.56. The monoisotopic (exact) mass is 240 g/mol. The maximum atomic E-state index is 13.4. The number of carboxylic acid groups (broad SMARTS) is 1. The molecule has 17 heavy (non-hydrogen) atoms. The van der Waals surface area contributed by atoms with Crippen LogP contribution in [0.2, 0.25) is 0 Å². The zero-order valence-corrected chi connectivity index (χ0v) is 9.25. The maximum Gasteiger partial charge on any atom is 0.372 e. The summed E-state index contributed by atoms with van der Waals surface area (Å²) in [6, 6.07) is 1.76. The Balaban J connectivity index is 2.90. The number of benzene rings is 1. The van der Waals surface area contributed by atoms with Gasteiger partial charge in [0.05, 0.1) is 0 Å². The predicted octanol–water partition coefficient (Wildman–Crippen LogP) is 3.53. The molecule has 1 aromatic carbocycles. The number of rotatable bonds is 2. The molecule has 0 spiro atoms. The van der Waals surface area contributed by atoms with Gasteiger partial charge in [-0.05, 0) is 12.0 Å². The molecule has 0 aliphatic rings. The van der Waals surface area contributed by atoms with E-state index >= 15 is 0 Å². The van der Waals surface area contributed by atoms with Crippen LogP contribution in [0.15, 0.2) is 16.5 Å². The minimum Gasteiger partial charge on any atom is -0.475 e. The fourth-order valence-electron chi connectivity index (χ4n) is 1.88. The zero-order chi connectivity index (χ0) is 12.7. The molecule has 0 bridgehead atoms. The number of carboxylic acids is 1. The van der Waals surface area contributed by atoms with Gasteiger partial charge in [0.25, 0.3) is 0 Å². The van der Waals surface area contributed by atoms with E-state index in [0.717, 1.165) is 6.07 Å². The third-order valence-electron chi connectivity index (χ3n) is 2.52. The van der Waals surface area contributed by atoms with Crippen LogP contribution in [0.5, 0.6) is 0 Å². The molecule has 0 aliphatic heterocycles. The summed E-state index contributed by atoms with van der Waals surface area (Å²) in [4.78, 5) is 11.0. The highest BCUT2D eigenvalue weighted by molar-refractivity contribution is 5.95. The van der Waals surface area contributed by atoms with Crippen molar-refractivity contribution in [1.29, 1.82) is 0 Å². The summed E-state index contributed by atoms with van der Waals surface area (Å²) in [5, 5.41) is 9.14. The maximum absolute atomic E-state index is 13.4. The van der Waals surface area contributed by atoms with Crippen molar-refractivity contribution in [2.24, 2.45) is 0 Å². The summed E-state index contributed by atoms with van der Waals surface area (Å²) in [5.74, 6) is -3.48. The number of aromatic carboxylic acids is 1. The molecular weight excluding hydrogens is 230 g/mol. The number of hydrogen-bond acceptors (Lipinski definition) is 2. The zero-order valence-electron chi connectivity index (χ0n) is 9.25.